The van der Waals surface area contributed by atoms with Crippen molar-refractivity contribution in [1.82, 2.24) is 9.80 Å². The van der Waals surface area contributed by atoms with E-state index in [1.54, 1.807) is 0 Å². The molecule has 1 fully saturated rings. The largest absolute Gasteiger partial charge is 0.391 e. The summed E-state index contributed by atoms with van der Waals surface area (Å²) in [5, 5.41) is 9.36. The Bertz CT molecular complexity index is 155. The fourth-order valence-electron chi connectivity index (χ4n) is 1.75. The zero-order valence-electron chi connectivity index (χ0n) is 8.41. The Balaban J connectivity index is 2.25. The molecule has 0 aromatic carbocycles. The predicted molar refractivity (Wildman–Crippen MR) is 55.3 cm³/mol. The molecule has 1 aliphatic heterocycles. The lowest BCUT2D eigenvalue weighted by atomic mass is 10.2. The van der Waals surface area contributed by atoms with Crippen LogP contribution in [0.15, 0.2) is 0 Å². The topological polar surface area (TPSA) is 26.7 Å². The van der Waals surface area contributed by atoms with Crippen molar-refractivity contribution in [3.05, 3.63) is 0 Å². The molecule has 1 heterocycles. The van der Waals surface area contributed by atoms with Crippen LogP contribution in [-0.4, -0.2) is 66.7 Å². The SMILES string of the molecule is CN(C)C1CCN(CC(O)CCl)C1. The van der Waals surface area contributed by atoms with Crippen LogP contribution in [0.5, 0.6) is 0 Å². The monoisotopic (exact) mass is 206 g/mol. The van der Waals surface area contributed by atoms with Gasteiger partial charge in [0.25, 0.3) is 0 Å². The van der Waals surface area contributed by atoms with Gasteiger partial charge in [0.15, 0.2) is 0 Å². The van der Waals surface area contributed by atoms with Crippen LogP contribution >= 0.6 is 11.6 Å². The molecule has 2 atom stereocenters. The van der Waals surface area contributed by atoms with Gasteiger partial charge in [-0.2, -0.15) is 0 Å². The second kappa shape index (κ2) is 5.15. The molecule has 78 valence electrons. The van der Waals surface area contributed by atoms with Crippen LogP contribution < -0.4 is 0 Å². The Morgan fingerprint density at radius 1 is 1.62 bits per heavy atom. The second-order valence-electron chi connectivity index (χ2n) is 3.97. The minimum Gasteiger partial charge on any atom is -0.391 e. The third-order valence-corrected chi connectivity index (χ3v) is 2.98. The zero-order chi connectivity index (χ0) is 9.84. The quantitative estimate of drug-likeness (QED) is 0.667. The molecule has 0 amide bonds. The molecule has 3 nitrogen and oxygen atoms in total. The lowest BCUT2D eigenvalue weighted by Gasteiger charge is -2.21. The molecule has 13 heavy (non-hydrogen) atoms. The predicted octanol–water partition coefficient (Wildman–Crippen LogP) is 0.222. The van der Waals surface area contributed by atoms with E-state index in [4.69, 9.17) is 11.6 Å². The van der Waals surface area contributed by atoms with E-state index < -0.39 is 0 Å². The molecular formula is C9H19ClN2O. The van der Waals surface area contributed by atoms with Crippen molar-refractivity contribution in [2.45, 2.75) is 18.6 Å². The molecule has 0 bridgehead atoms. The van der Waals surface area contributed by atoms with E-state index in [1.165, 1.54) is 6.42 Å². The average molecular weight is 207 g/mol. The number of alkyl halides is 1. The molecule has 1 aliphatic rings. The number of β-amino-alcohol motifs (C(OH)–C–C–N with tert-alkyl or cyclic N) is 1. The Morgan fingerprint density at radius 2 is 2.31 bits per heavy atom. The van der Waals surface area contributed by atoms with Crippen LogP contribution in [0, 0.1) is 0 Å². The summed E-state index contributed by atoms with van der Waals surface area (Å²) in [6.07, 6.45) is 0.824. The fourth-order valence-corrected chi connectivity index (χ4v) is 1.84. The zero-order valence-corrected chi connectivity index (χ0v) is 9.17. The van der Waals surface area contributed by atoms with Crippen LogP contribution in [0.3, 0.4) is 0 Å². The number of aliphatic hydroxyl groups is 1. The van der Waals surface area contributed by atoms with Crippen molar-refractivity contribution < 1.29 is 5.11 Å². The lowest BCUT2D eigenvalue weighted by molar-refractivity contribution is 0.138. The number of nitrogens with zero attached hydrogens (tertiary/aromatic N) is 2. The standard InChI is InChI=1S/C9H19ClN2O/c1-11(2)8-3-4-12(6-8)7-9(13)5-10/h8-9,13H,3-7H2,1-2H3. The van der Waals surface area contributed by atoms with Gasteiger partial charge in [-0.15, -0.1) is 11.6 Å². The van der Waals surface area contributed by atoms with E-state index in [0.29, 0.717) is 18.5 Å². The summed E-state index contributed by atoms with van der Waals surface area (Å²) in [5.74, 6) is 0.336. The third-order valence-electron chi connectivity index (χ3n) is 2.62. The number of hydrogen-bond acceptors (Lipinski definition) is 3. The molecule has 0 aromatic heterocycles. The van der Waals surface area contributed by atoms with Crippen molar-refractivity contribution in [3.8, 4) is 0 Å². The van der Waals surface area contributed by atoms with Gasteiger partial charge < -0.3 is 10.0 Å². The highest BCUT2D eigenvalue weighted by Crippen LogP contribution is 2.13. The van der Waals surface area contributed by atoms with Gasteiger partial charge in [0.2, 0.25) is 0 Å². The maximum Gasteiger partial charge on any atom is 0.0802 e. The molecule has 2 unspecified atom stereocenters. The molecule has 0 spiro atoms. The van der Waals surface area contributed by atoms with Crippen LogP contribution in [-0.2, 0) is 0 Å². The summed E-state index contributed by atoms with van der Waals surface area (Å²) >= 11 is 5.54. The first kappa shape index (κ1) is 11.2. The lowest BCUT2D eigenvalue weighted by Crippen LogP contribution is -2.35. The first-order chi connectivity index (χ1) is 6.13. The minimum absolute atomic E-state index is 0.336. The van der Waals surface area contributed by atoms with E-state index in [-0.39, 0.29) is 6.10 Å². The third kappa shape index (κ3) is 3.43. The molecule has 1 N–H and O–H groups in total. The number of hydrogen-bond donors (Lipinski definition) is 1. The van der Waals surface area contributed by atoms with Gasteiger partial charge in [0, 0.05) is 25.0 Å². The van der Waals surface area contributed by atoms with Crippen molar-refractivity contribution in [1.29, 1.82) is 0 Å². The van der Waals surface area contributed by atoms with Gasteiger partial charge in [-0.3, -0.25) is 4.90 Å². The minimum atomic E-state index is -0.373. The summed E-state index contributed by atoms with van der Waals surface area (Å²) in [4.78, 5) is 4.52. The first-order valence-corrected chi connectivity index (χ1v) is 5.29. The van der Waals surface area contributed by atoms with Gasteiger partial charge >= 0.3 is 0 Å². The van der Waals surface area contributed by atoms with Crippen molar-refractivity contribution in [3.63, 3.8) is 0 Å². The van der Waals surface area contributed by atoms with E-state index in [0.717, 1.165) is 13.1 Å². The molecule has 0 saturated carbocycles. The highest BCUT2D eigenvalue weighted by molar-refractivity contribution is 6.18. The van der Waals surface area contributed by atoms with Crippen LogP contribution in [0.25, 0.3) is 0 Å². The first-order valence-electron chi connectivity index (χ1n) is 4.76. The van der Waals surface area contributed by atoms with Gasteiger partial charge in [-0.1, -0.05) is 0 Å². The highest BCUT2D eigenvalue weighted by Gasteiger charge is 2.24. The van der Waals surface area contributed by atoms with E-state index >= 15 is 0 Å². The van der Waals surface area contributed by atoms with Crippen molar-refractivity contribution in [2.75, 3.05) is 39.6 Å². The van der Waals surface area contributed by atoms with E-state index in [2.05, 4.69) is 23.9 Å². The average Bonchev–Trinajstić information content (AvgIpc) is 2.52. The Labute approximate surface area is 85.3 Å². The van der Waals surface area contributed by atoms with Crippen molar-refractivity contribution in [2.24, 2.45) is 0 Å². The Hall–Kier alpha value is 0.170. The van der Waals surface area contributed by atoms with Gasteiger partial charge in [-0.25, -0.2) is 0 Å². The van der Waals surface area contributed by atoms with Crippen LogP contribution in [0.2, 0.25) is 0 Å². The maximum absolute atomic E-state index is 9.36. The Morgan fingerprint density at radius 3 is 2.77 bits per heavy atom. The normalized spacial score (nSPS) is 27.0. The molecule has 0 aromatic rings. The molecule has 4 heteroatoms. The summed E-state index contributed by atoms with van der Waals surface area (Å²) in [5.41, 5.74) is 0. The maximum atomic E-state index is 9.36. The smallest absolute Gasteiger partial charge is 0.0802 e. The number of likely N-dealkylation sites (tertiary alicyclic amines) is 1. The molecule has 1 saturated heterocycles. The summed E-state index contributed by atoms with van der Waals surface area (Å²) < 4.78 is 0. The fraction of sp³-hybridized carbons (Fsp3) is 1.00. The van der Waals surface area contributed by atoms with Gasteiger partial charge in [0.05, 0.1) is 6.10 Å². The molecule has 0 aliphatic carbocycles. The van der Waals surface area contributed by atoms with E-state index in [1.807, 2.05) is 0 Å². The number of aliphatic hydroxyl groups excluding tert-OH is 1. The van der Waals surface area contributed by atoms with E-state index in [9.17, 15) is 5.11 Å². The highest BCUT2D eigenvalue weighted by atomic mass is 35.5. The number of halogens is 1. The second-order valence-corrected chi connectivity index (χ2v) is 4.28. The van der Waals surface area contributed by atoms with Gasteiger partial charge in [-0.05, 0) is 27.1 Å². The van der Waals surface area contributed by atoms with Gasteiger partial charge in [0.1, 0.15) is 0 Å². The molecule has 1 rings (SSSR count). The summed E-state index contributed by atoms with van der Waals surface area (Å²) in [7, 11) is 4.21. The Kier molecular flexibility index (Phi) is 4.46. The van der Waals surface area contributed by atoms with Crippen LogP contribution in [0.4, 0.5) is 0 Å². The van der Waals surface area contributed by atoms with Crippen molar-refractivity contribution >= 4 is 11.6 Å². The number of rotatable bonds is 4. The molecular weight excluding hydrogens is 188 g/mol. The summed E-state index contributed by atoms with van der Waals surface area (Å²) in [6, 6.07) is 0.641. The summed E-state index contributed by atoms with van der Waals surface area (Å²) in [6.45, 7) is 2.85. The number of likely N-dealkylation sites (N-methyl/N-ethyl adjacent to an activating group) is 1. The molecule has 0 radical (unpaired) electrons. The van der Waals surface area contributed by atoms with Crippen LogP contribution in [0.1, 0.15) is 6.42 Å².